The predicted octanol–water partition coefficient (Wildman–Crippen LogP) is 4.62. The van der Waals surface area contributed by atoms with Crippen LogP contribution in [0.1, 0.15) is 40.4 Å². The number of hydrogen-bond donors (Lipinski definition) is 2. The first-order valence-electron chi connectivity index (χ1n) is 10.8. The number of ether oxygens (including phenoxy) is 1. The molecule has 0 bridgehead atoms. The van der Waals surface area contributed by atoms with Gasteiger partial charge in [-0.2, -0.15) is 0 Å². The number of likely N-dealkylation sites (tertiary alicyclic amines) is 1. The van der Waals surface area contributed by atoms with Gasteiger partial charge in [0.05, 0.1) is 13.2 Å². The maximum Gasteiger partial charge on any atom is 0.328 e. The minimum Gasteiger partial charge on any atom is -0.467 e. The molecule has 3 aromatic rings. The van der Waals surface area contributed by atoms with E-state index in [0.717, 1.165) is 11.1 Å². The fraction of sp³-hybridized carbons (Fsp3) is 0.192. The van der Waals surface area contributed by atoms with E-state index in [-0.39, 0.29) is 17.8 Å². The number of oxime groups is 1. The topological polar surface area (TPSA) is 105 Å². The van der Waals surface area contributed by atoms with E-state index in [4.69, 9.17) is 27.3 Å². The molecule has 1 aliphatic heterocycles. The number of carbonyl (C=O) groups excluding carboxylic acids is 2. The van der Waals surface area contributed by atoms with Crippen LogP contribution in [0.3, 0.4) is 0 Å². The summed E-state index contributed by atoms with van der Waals surface area (Å²) in [6.45, 7) is 0. The van der Waals surface area contributed by atoms with Crippen LogP contribution in [0.5, 0.6) is 0 Å². The molecular formula is C26H24ClN3O4. The third kappa shape index (κ3) is 4.34. The van der Waals surface area contributed by atoms with Crippen molar-refractivity contribution in [2.24, 2.45) is 10.9 Å². The molecule has 1 fully saturated rings. The van der Waals surface area contributed by atoms with Crippen molar-refractivity contribution >= 4 is 29.3 Å². The van der Waals surface area contributed by atoms with Gasteiger partial charge in [-0.15, -0.1) is 0 Å². The maximum atomic E-state index is 14.0. The molecule has 174 valence electrons. The van der Waals surface area contributed by atoms with Crippen molar-refractivity contribution in [3.8, 4) is 11.1 Å². The first kappa shape index (κ1) is 23.3. The van der Waals surface area contributed by atoms with Crippen LogP contribution in [0.25, 0.3) is 11.1 Å². The number of methoxy groups -OCH3 is 1. The molecule has 8 heteroatoms. The lowest BCUT2D eigenvalue weighted by Gasteiger charge is -2.30. The van der Waals surface area contributed by atoms with Crippen LogP contribution in [0.2, 0.25) is 5.02 Å². The number of amides is 1. The normalized spacial score (nSPS) is 18.1. The number of carbonyl (C=O) groups is 2. The zero-order valence-corrected chi connectivity index (χ0v) is 19.3. The van der Waals surface area contributed by atoms with Gasteiger partial charge in [0.1, 0.15) is 6.04 Å². The molecule has 7 nitrogen and oxygen atoms in total. The molecule has 0 spiro atoms. The Bertz CT molecular complexity index is 1260. The van der Waals surface area contributed by atoms with Crippen LogP contribution in [-0.2, 0) is 9.53 Å². The average molecular weight is 478 g/mol. The van der Waals surface area contributed by atoms with Crippen LogP contribution < -0.4 is 5.73 Å². The van der Waals surface area contributed by atoms with Gasteiger partial charge in [0, 0.05) is 16.1 Å². The van der Waals surface area contributed by atoms with Gasteiger partial charge >= 0.3 is 5.97 Å². The summed E-state index contributed by atoms with van der Waals surface area (Å²) in [6.07, 6.45) is 1.05. The van der Waals surface area contributed by atoms with Gasteiger partial charge in [-0.3, -0.25) is 4.79 Å². The van der Waals surface area contributed by atoms with Gasteiger partial charge in [0.25, 0.3) is 5.91 Å². The molecule has 2 atom stereocenters. The standard InChI is InChI=1S/C26H24ClN3O4/c1-34-26(32)23-14-13-22(20-11-4-5-12-21(20)27)30(23)25(31)19-10-3-2-9-18(19)16-7-6-8-17(15-16)24(28)29-33/h2-12,15,22-23,33H,13-14H2,1H3,(H2,28,29)/t22-,23+/m1/s1. The molecule has 0 aliphatic carbocycles. The molecule has 0 radical (unpaired) electrons. The Morgan fingerprint density at radius 2 is 1.79 bits per heavy atom. The molecule has 3 N–H and O–H groups in total. The van der Waals surface area contributed by atoms with Crippen molar-refractivity contribution in [3.05, 3.63) is 94.5 Å². The van der Waals surface area contributed by atoms with Crippen LogP contribution in [0.15, 0.2) is 78.0 Å². The first-order valence-corrected chi connectivity index (χ1v) is 11.2. The fourth-order valence-corrected chi connectivity index (χ4v) is 4.74. The molecule has 0 saturated carbocycles. The van der Waals surface area contributed by atoms with E-state index in [2.05, 4.69) is 5.16 Å². The quantitative estimate of drug-likeness (QED) is 0.183. The summed E-state index contributed by atoms with van der Waals surface area (Å²) >= 11 is 6.47. The third-order valence-electron chi connectivity index (χ3n) is 6.09. The van der Waals surface area contributed by atoms with Crippen molar-refractivity contribution < 1.29 is 19.5 Å². The monoisotopic (exact) mass is 477 g/mol. The van der Waals surface area contributed by atoms with E-state index in [1.54, 1.807) is 41.3 Å². The van der Waals surface area contributed by atoms with Gasteiger partial charge in [0.15, 0.2) is 5.84 Å². The predicted molar refractivity (Wildman–Crippen MR) is 130 cm³/mol. The molecule has 0 unspecified atom stereocenters. The van der Waals surface area contributed by atoms with E-state index in [9.17, 15) is 9.59 Å². The zero-order chi connectivity index (χ0) is 24.2. The lowest BCUT2D eigenvalue weighted by Crippen LogP contribution is -2.42. The highest BCUT2D eigenvalue weighted by Gasteiger charge is 2.43. The molecule has 1 saturated heterocycles. The minimum atomic E-state index is -0.727. The van der Waals surface area contributed by atoms with Gasteiger partial charge in [0.2, 0.25) is 0 Å². The smallest absolute Gasteiger partial charge is 0.328 e. The lowest BCUT2D eigenvalue weighted by atomic mass is 9.96. The Hall–Kier alpha value is -3.84. The Kier molecular flexibility index (Phi) is 6.84. The highest BCUT2D eigenvalue weighted by atomic mass is 35.5. The van der Waals surface area contributed by atoms with Crippen molar-refractivity contribution in [1.29, 1.82) is 0 Å². The number of esters is 1. The molecule has 3 aromatic carbocycles. The highest BCUT2D eigenvalue weighted by molar-refractivity contribution is 6.31. The summed E-state index contributed by atoms with van der Waals surface area (Å²) in [7, 11) is 1.32. The second-order valence-electron chi connectivity index (χ2n) is 7.98. The van der Waals surface area contributed by atoms with Gasteiger partial charge in [-0.1, -0.05) is 71.4 Å². The number of nitrogens with two attached hydrogens (primary N) is 1. The lowest BCUT2D eigenvalue weighted by molar-refractivity contribution is -0.145. The van der Waals surface area contributed by atoms with E-state index in [1.807, 2.05) is 36.4 Å². The van der Waals surface area contributed by atoms with Gasteiger partial charge in [-0.25, -0.2) is 4.79 Å². The van der Waals surface area contributed by atoms with Crippen molar-refractivity contribution in [2.45, 2.75) is 24.9 Å². The third-order valence-corrected chi connectivity index (χ3v) is 6.44. The summed E-state index contributed by atoms with van der Waals surface area (Å²) in [5.41, 5.74) is 8.87. The molecule has 34 heavy (non-hydrogen) atoms. The maximum absolute atomic E-state index is 14.0. The summed E-state index contributed by atoms with van der Waals surface area (Å²) in [4.78, 5) is 28.2. The Morgan fingerprint density at radius 3 is 2.53 bits per heavy atom. The number of hydrogen-bond acceptors (Lipinski definition) is 5. The summed E-state index contributed by atoms with van der Waals surface area (Å²) in [6, 6.07) is 20.5. The first-order chi connectivity index (χ1) is 16.5. The van der Waals surface area contributed by atoms with Gasteiger partial charge < -0.3 is 20.6 Å². The molecule has 1 heterocycles. The Morgan fingerprint density at radius 1 is 1.06 bits per heavy atom. The van der Waals surface area contributed by atoms with Crippen molar-refractivity contribution in [3.63, 3.8) is 0 Å². The van der Waals surface area contributed by atoms with E-state index in [1.165, 1.54) is 7.11 Å². The van der Waals surface area contributed by atoms with Crippen LogP contribution in [-0.4, -0.2) is 41.0 Å². The average Bonchev–Trinajstić information content (AvgIpc) is 3.32. The van der Waals surface area contributed by atoms with Crippen LogP contribution >= 0.6 is 11.6 Å². The SMILES string of the molecule is COC(=O)[C@@H]1CC[C@H](c2ccccc2Cl)N1C(=O)c1ccccc1-c1cccc(C(N)=NO)c1. The number of rotatable bonds is 5. The Balaban J connectivity index is 1.81. The molecule has 1 aliphatic rings. The zero-order valence-electron chi connectivity index (χ0n) is 18.5. The summed E-state index contributed by atoms with van der Waals surface area (Å²) < 4.78 is 5.02. The molecular weight excluding hydrogens is 454 g/mol. The van der Waals surface area contributed by atoms with Crippen LogP contribution in [0, 0.1) is 0 Å². The molecule has 0 aromatic heterocycles. The van der Waals surface area contributed by atoms with Crippen molar-refractivity contribution in [2.75, 3.05) is 7.11 Å². The summed E-state index contributed by atoms with van der Waals surface area (Å²) in [5.74, 6) is -0.799. The van der Waals surface area contributed by atoms with Crippen LogP contribution in [0.4, 0.5) is 0 Å². The van der Waals surface area contributed by atoms with Gasteiger partial charge in [-0.05, 0) is 47.7 Å². The van der Waals surface area contributed by atoms with E-state index in [0.29, 0.717) is 34.6 Å². The molecule has 4 rings (SSSR count). The highest BCUT2D eigenvalue weighted by Crippen LogP contribution is 2.41. The number of nitrogens with zero attached hydrogens (tertiary/aromatic N) is 2. The number of amidine groups is 1. The minimum absolute atomic E-state index is 0.0326. The van der Waals surface area contributed by atoms with E-state index >= 15 is 0 Å². The second-order valence-corrected chi connectivity index (χ2v) is 8.38. The van der Waals surface area contributed by atoms with E-state index < -0.39 is 12.0 Å². The largest absolute Gasteiger partial charge is 0.467 e. The fourth-order valence-electron chi connectivity index (χ4n) is 4.48. The summed E-state index contributed by atoms with van der Waals surface area (Å²) in [5, 5.41) is 12.6. The number of halogens is 1. The number of benzene rings is 3. The van der Waals surface area contributed by atoms with Crippen molar-refractivity contribution in [1.82, 2.24) is 4.90 Å². The Labute approximate surface area is 202 Å². The second kappa shape index (κ2) is 9.97. The molecule has 1 amide bonds.